The fourth-order valence-corrected chi connectivity index (χ4v) is 1.80. The number of benzene rings is 1. The van der Waals surface area contributed by atoms with Gasteiger partial charge in [0, 0.05) is 10.9 Å². The van der Waals surface area contributed by atoms with Gasteiger partial charge in [0.25, 0.3) is 0 Å². The van der Waals surface area contributed by atoms with Crippen molar-refractivity contribution in [1.29, 1.82) is 0 Å². The Labute approximate surface area is 90.3 Å². The van der Waals surface area contributed by atoms with Gasteiger partial charge in [-0.15, -0.1) is 0 Å². The van der Waals surface area contributed by atoms with E-state index >= 15 is 0 Å². The van der Waals surface area contributed by atoms with Crippen molar-refractivity contribution in [3.8, 4) is 0 Å². The SMILES string of the molecule is Nc1nc2ccc(C=O)cc2c2[nH]ncc12. The van der Waals surface area contributed by atoms with Crippen molar-refractivity contribution in [1.82, 2.24) is 15.2 Å². The smallest absolute Gasteiger partial charge is 0.150 e. The zero-order valence-corrected chi connectivity index (χ0v) is 8.27. The number of aldehydes is 1. The third-order valence-corrected chi connectivity index (χ3v) is 2.58. The number of nitrogen functional groups attached to an aromatic ring is 1. The molecule has 0 saturated carbocycles. The Morgan fingerprint density at radius 2 is 2.19 bits per heavy atom. The zero-order valence-electron chi connectivity index (χ0n) is 8.27. The highest BCUT2D eigenvalue weighted by molar-refractivity contribution is 6.08. The molecule has 0 aliphatic rings. The van der Waals surface area contributed by atoms with Crippen molar-refractivity contribution in [2.45, 2.75) is 0 Å². The maximum Gasteiger partial charge on any atom is 0.150 e. The molecule has 5 heteroatoms. The molecule has 2 heterocycles. The van der Waals surface area contributed by atoms with Crippen molar-refractivity contribution < 1.29 is 4.79 Å². The molecular weight excluding hydrogens is 204 g/mol. The Hall–Kier alpha value is -2.43. The van der Waals surface area contributed by atoms with Crippen molar-refractivity contribution >= 4 is 33.9 Å². The summed E-state index contributed by atoms with van der Waals surface area (Å²) in [7, 11) is 0. The molecule has 16 heavy (non-hydrogen) atoms. The second-order valence-electron chi connectivity index (χ2n) is 3.55. The molecule has 3 N–H and O–H groups in total. The molecular formula is C11H8N4O. The highest BCUT2D eigenvalue weighted by Crippen LogP contribution is 2.26. The van der Waals surface area contributed by atoms with E-state index in [9.17, 15) is 4.79 Å². The van der Waals surface area contributed by atoms with Gasteiger partial charge in [-0.05, 0) is 18.2 Å². The Morgan fingerprint density at radius 1 is 1.31 bits per heavy atom. The van der Waals surface area contributed by atoms with Crippen molar-refractivity contribution in [3.05, 3.63) is 30.0 Å². The van der Waals surface area contributed by atoms with Gasteiger partial charge in [0.1, 0.15) is 12.1 Å². The number of nitrogens with one attached hydrogen (secondary N) is 1. The minimum atomic E-state index is 0.440. The molecule has 0 unspecified atom stereocenters. The predicted octanol–water partition coefficient (Wildman–Crippen LogP) is 1.51. The summed E-state index contributed by atoms with van der Waals surface area (Å²) >= 11 is 0. The highest BCUT2D eigenvalue weighted by Gasteiger charge is 2.08. The molecule has 2 aromatic heterocycles. The normalized spacial score (nSPS) is 11.0. The molecule has 78 valence electrons. The molecule has 0 amide bonds. The number of nitrogens with two attached hydrogens (primary N) is 1. The van der Waals surface area contributed by atoms with E-state index in [1.54, 1.807) is 24.4 Å². The first kappa shape index (κ1) is 8.84. The van der Waals surface area contributed by atoms with Crippen LogP contribution in [0.25, 0.3) is 21.8 Å². The molecule has 5 nitrogen and oxygen atoms in total. The van der Waals surface area contributed by atoms with Gasteiger partial charge < -0.3 is 5.73 Å². The number of carbonyl (C=O) groups is 1. The first-order valence-electron chi connectivity index (χ1n) is 4.77. The van der Waals surface area contributed by atoms with Crippen LogP contribution in [-0.2, 0) is 0 Å². The number of pyridine rings is 1. The summed E-state index contributed by atoms with van der Waals surface area (Å²) < 4.78 is 0. The van der Waals surface area contributed by atoms with Crippen LogP contribution >= 0.6 is 0 Å². The molecule has 0 atom stereocenters. The van der Waals surface area contributed by atoms with Crippen LogP contribution in [0.2, 0.25) is 0 Å². The van der Waals surface area contributed by atoms with Gasteiger partial charge in [0.05, 0.1) is 22.6 Å². The number of anilines is 1. The van der Waals surface area contributed by atoms with Gasteiger partial charge in [-0.2, -0.15) is 5.10 Å². The van der Waals surface area contributed by atoms with E-state index in [4.69, 9.17) is 5.73 Å². The fourth-order valence-electron chi connectivity index (χ4n) is 1.80. The van der Waals surface area contributed by atoms with E-state index in [0.29, 0.717) is 11.4 Å². The molecule has 3 rings (SSSR count). The van der Waals surface area contributed by atoms with Crippen LogP contribution in [0.5, 0.6) is 0 Å². The van der Waals surface area contributed by atoms with Gasteiger partial charge in [-0.25, -0.2) is 4.98 Å². The summed E-state index contributed by atoms with van der Waals surface area (Å²) in [5.74, 6) is 0.440. The Morgan fingerprint density at radius 3 is 3.00 bits per heavy atom. The van der Waals surface area contributed by atoms with Crippen LogP contribution < -0.4 is 5.73 Å². The van der Waals surface area contributed by atoms with E-state index in [1.807, 2.05) is 0 Å². The number of fused-ring (bicyclic) bond motifs is 3. The van der Waals surface area contributed by atoms with E-state index in [1.165, 1.54) is 0 Å². The lowest BCUT2D eigenvalue weighted by Gasteiger charge is -2.02. The van der Waals surface area contributed by atoms with Crippen LogP contribution in [-0.4, -0.2) is 21.5 Å². The van der Waals surface area contributed by atoms with E-state index in [-0.39, 0.29) is 0 Å². The summed E-state index contributed by atoms with van der Waals surface area (Å²) in [6.45, 7) is 0. The van der Waals surface area contributed by atoms with Crippen molar-refractivity contribution in [3.63, 3.8) is 0 Å². The largest absolute Gasteiger partial charge is 0.383 e. The third kappa shape index (κ3) is 1.08. The van der Waals surface area contributed by atoms with Crippen LogP contribution in [0.15, 0.2) is 24.4 Å². The van der Waals surface area contributed by atoms with Crippen LogP contribution in [0.3, 0.4) is 0 Å². The summed E-state index contributed by atoms with van der Waals surface area (Å²) in [6, 6.07) is 5.26. The lowest BCUT2D eigenvalue weighted by atomic mass is 10.1. The van der Waals surface area contributed by atoms with E-state index in [0.717, 1.165) is 28.1 Å². The molecule has 0 aliphatic carbocycles. The first-order chi connectivity index (χ1) is 7.79. The summed E-state index contributed by atoms with van der Waals surface area (Å²) in [4.78, 5) is 15.0. The monoisotopic (exact) mass is 212 g/mol. The average molecular weight is 212 g/mol. The van der Waals surface area contributed by atoms with E-state index in [2.05, 4.69) is 15.2 Å². The summed E-state index contributed by atoms with van der Waals surface area (Å²) in [6.07, 6.45) is 2.43. The Balaban J connectivity index is 2.55. The number of rotatable bonds is 1. The third-order valence-electron chi connectivity index (χ3n) is 2.58. The quantitative estimate of drug-likeness (QED) is 0.599. The summed E-state index contributed by atoms with van der Waals surface area (Å²) in [5.41, 5.74) is 7.96. The maximum atomic E-state index is 10.7. The predicted molar refractivity (Wildman–Crippen MR) is 61.2 cm³/mol. The molecule has 0 radical (unpaired) electrons. The van der Waals surface area contributed by atoms with Gasteiger partial charge in [-0.3, -0.25) is 9.89 Å². The number of hydrogen-bond donors (Lipinski definition) is 2. The molecule has 0 spiro atoms. The molecule has 0 saturated heterocycles. The first-order valence-corrected chi connectivity index (χ1v) is 4.77. The average Bonchev–Trinajstić information content (AvgIpc) is 2.78. The van der Waals surface area contributed by atoms with Gasteiger partial charge >= 0.3 is 0 Å². The minimum Gasteiger partial charge on any atom is -0.383 e. The number of H-pyrrole nitrogens is 1. The molecule has 0 bridgehead atoms. The second-order valence-corrected chi connectivity index (χ2v) is 3.55. The minimum absolute atomic E-state index is 0.440. The lowest BCUT2D eigenvalue weighted by molar-refractivity contribution is 0.112. The van der Waals surface area contributed by atoms with Gasteiger partial charge in [0.2, 0.25) is 0 Å². The zero-order chi connectivity index (χ0) is 11.1. The molecule has 3 aromatic rings. The second kappa shape index (κ2) is 3.03. The molecule has 0 fully saturated rings. The number of aromatic amines is 1. The molecule has 1 aromatic carbocycles. The van der Waals surface area contributed by atoms with Crippen LogP contribution in [0, 0.1) is 0 Å². The van der Waals surface area contributed by atoms with Gasteiger partial charge in [-0.1, -0.05) is 0 Å². The van der Waals surface area contributed by atoms with E-state index < -0.39 is 0 Å². The maximum absolute atomic E-state index is 10.7. The fraction of sp³-hybridized carbons (Fsp3) is 0. The molecule has 0 aliphatic heterocycles. The van der Waals surface area contributed by atoms with Crippen LogP contribution in [0.1, 0.15) is 10.4 Å². The van der Waals surface area contributed by atoms with Crippen molar-refractivity contribution in [2.24, 2.45) is 0 Å². The number of nitrogens with zero attached hydrogens (tertiary/aromatic N) is 2. The Kier molecular flexibility index (Phi) is 1.67. The van der Waals surface area contributed by atoms with Crippen molar-refractivity contribution in [2.75, 3.05) is 5.73 Å². The Bertz CT molecular complexity index is 702. The van der Waals surface area contributed by atoms with Crippen LogP contribution in [0.4, 0.5) is 5.82 Å². The topological polar surface area (TPSA) is 84.7 Å². The lowest BCUT2D eigenvalue weighted by Crippen LogP contribution is -1.92. The number of hydrogen-bond acceptors (Lipinski definition) is 4. The van der Waals surface area contributed by atoms with Gasteiger partial charge in [0.15, 0.2) is 0 Å². The standard InChI is InChI=1S/C11H8N4O/c12-11-8-4-13-15-10(8)7-3-6(5-16)1-2-9(7)14-11/h1-5H,(H2,12,14)(H,13,15). The number of carbonyl (C=O) groups excluding carboxylic acids is 1. The summed E-state index contributed by atoms with van der Waals surface area (Å²) in [5, 5.41) is 8.43. The number of aromatic nitrogens is 3. The highest BCUT2D eigenvalue weighted by atomic mass is 16.1.